The van der Waals surface area contributed by atoms with Crippen LogP contribution in [-0.2, 0) is 6.42 Å². The fourth-order valence-corrected chi connectivity index (χ4v) is 1.97. The third-order valence-corrected chi connectivity index (χ3v) is 2.88. The highest BCUT2D eigenvalue weighted by atomic mass is 15.1. The van der Waals surface area contributed by atoms with Crippen LogP contribution in [0.5, 0.6) is 0 Å². The minimum Gasteiger partial charge on any atom is -0.370 e. The Labute approximate surface area is 114 Å². The molecule has 1 aromatic heterocycles. The summed E-state index contributed by atoms with van der Waals surface area (Å²) in [6.45, 7) is 4.95. The van der Waals surface area contributed by atoms with Crippen LogP contribution in [0.3, 0.4) is 0 Å². The van der Waals surface area contributed by atoms with E-state index in [1.807, 2.05) is 20.0 Å². The van der Waals surface area contributed by atoms with Crippen molar-refractivity contribution in [2.75, 3.05) is 24.2 Å². The summed E-state index contributed by atoms with van der Waals surface area (Å²) in [5.74, 6) is 1.52. The highest BCUT2D eigenvalue weighted by molar-refractivity contribution is 5.42. The summed E-state index contributed by atoms with van der Waals surface area (Å²) < 4.78 is 0. The summed E-state index contributed by atoms with van der Waals surface area (Å²) >= 11 is 0. The molecule has 2 N–H and O–H groups in total. The van der Waals surface area contributed by atoms with E-state index < -0.39 is 0 Å². The Hall–Kier alpha value is -2.10. The normalized spacial score (nSPS) is 10.3. The van der Waals surface area contributed by atoms with Crippen LogP contribution in [0.1, 0.15) is 16.8 Å². The minimum atomic E-state index is 0.651. The number of hydrogen-bond donors (Lipinski definition) is 2. The molecule has 4 nitrogen and oxygen atoms in total. The quantitative estimate of drug-likeness (QED) is 0.863. The maximum absolute atomic E-state index is 4.37. The van der Waals surface area contributed by atoms with Gasteiger partial charge in [-0.15, -0.1) is 0 Å². The van der Waals surface area contributed by atoms with Crippen molar-refractivity contribution in [1.82, 2.24) is 9.97 Å². The van der Waals surface area contributed by atoms with Crippen molar-refractivity contribution in [2.45, 2.75) is 20.3 Å². The third-order valence-electron chi connectivity index (χ3n) is 2.88. The van der Waals surface area contributed by atoms with Gasteiger partial charge in [-0.05, 0) is 25.8 Å². The monoisotopic (exact) mass is 256 g/mol. The lowest BCUT2D eigenvalue weighted by Crippen LogP contribution is -2.08. The van der Waals surface area contributed by atoms with Gasteiger partial charge in [0.25, 0.3) is 0 Å². The highest BCUT2D eigenvalue weighted by Gasteiger charge is 2.00. The number of benzene rings is 1. The van der Waals surface area contributed by atoms with Crippen LogP contribution >= 0.6 is 0 Å². The highest BCUT2D eigenvalue weighted by Crippen LogP contribution is 2.10. The predicted molar refractivity (Wildman–Crippen MR) is 79.7 cm³/mol. The maximum Gasteiger partial charge on any atom is 0.224 e. The van der Waals surface area contributed by atoms with E-state index >= 15 is 0 Å². The van der Waals surface area contributed by atoms with Crippen molar-refractivity contribution in [1.29, 1.82) is 0 Å². The zero-order valence-electron chi connectivity index (χ0n) is 11.7. The lowest BCUT2D eigenvalue weighted by atomic mass is 10.1. The van der Waals surface area contributed by atoms with Crippen LogP contribution in [0.2, 0.25) is 0 Å². The van der Waals surface area contributed by atoms with Gasteiger partial charge in [-0.3, -0.25) is 0 Å². The molecule has 4 heteroatoms. The molecule has 1 heterocycles. The van der Waals surface area contributed by atoms with Gasteiger partial charge in [-0.2, -0.15) is 4.98 Å². The molecule has 0 radical (unpaired) electrons. The molecule has 0 unspecified atom stereocenters. The van der Waals surface area contributed by atoms with E-state index in [1.165, 1.54) is 11.1 Å². The van der Waals surface area contributed by atoms with E-state index in [0.29, 0.717) is 5.95 Å². The van der Waals surface area contributed by atoms with Crippen molar-refractivity contribution in [3.63, 3.8) is 0 Å². The fraction of sp³-hybridized carbons (Fsp3) is 0.333. The zero-order valence-corrected chi connectivity index (χ0v) is 11.7. The second kappa shape index (κ2) is 6.18. The van der Waals surface area contributed by atoms with Crippen LogP contribution in [0.15, 0.2) is 30.3 Å². The Bertz CT molecular complexity index is 552. The van der Waals surface area contributed by atoms with Gasteiger partial charge in [-0.25, -0.2) is 4.98 Å². The molecule has 0 aliphatic carbocycles. The Morgan fingerprint density at radius 3 is 2.68 bits per heavy atom. The van der Waals surface area contributed by atoms with Gasteiger partial charge in [0.15, 0.2) is 0 Å². The van der Waals surface area contributed by atoms with Gasteiger partial charge in [0, 0.05) is 25.4 Å². The third kappa shape index (κ3) is 3.95. The fourth-order valence-electron chi connectivity index (χ4n) is 1.97. The van der Waals surface area contributed by atoms with E-state index in [9.17, 15) is 0 Å². The molecule has 100 valence electrons. The van der Waals surface area contributed by atoms with E-state index in [-0.39, 0.29) is 0 Å². The number of hydrogen-bond acceptors (Lipinski definition) is 4. The van der Waals surface area contributed by atoms with Crippen LogP contribution in [0.4, 0.5) is 11.8 Å². The van der Waals surface area contributed by atoms with Crippen LogP contribution in [0.25, 0.3) is 0 Å². The lowest BCUT2D eigenvalue weighted by Gasteiger charge is -2.08. The minimum absolute atomic E-state index is 0.651. The Kier molecular flexibility index (Phi) is 4.34. The first-order valence-corrected chi connectivity index (χ1v) is 6.50. The molecule has 0 aliphatic heterocycles. The van der Waals surface area contributed by atoms with E-state index in [0.717, 1.165) is 24.5 Å². The molecular weight excluding hydrogens is 236 g/mol. The Balaban J connectivity index is 1.94. The molecule has 0 amide bonds. The molecule has 0 bridgehead atoms. The number of aryl methyl sites for hydroxylation is 2. The standard InChI is InChI=1S/C15H20N4/c1-11-5-4-6-13(9-11)7-8-17-14-10-12(2)18-15(16-3)19-14/h4-6,9-10H,7-8H2,1-3H3,(H2,16,17,18,19). The van der Waals surface area contributed by atoms with Crippen LogP contribution in [0, 0.1) is 13.8 Å². The molecular formula is C15H20N4. The average Bonchev–Trinajstić information content (AvgIpc) is 2.38. The van der Waals surface area contributed by atoms with E-state index in [4.69, 9.17) is 0 Å². The summed E-state index contributed by atoms with van der Waals surface area (Å²) in [6.07, 6.45) is 0.986. The SMILES string of the molecule is CNc1nc(C)cc(NCCc2cccc(C)c2)n1. The summed E-state index contributed by atoms with van der Waals surface area (Å²) in [5.41, 5.74) is 3.59. The average molecular weight is 256 g/mol. The van der Waals surface area contributed by atoms with E-state index in [2.05, 4.69) is 51.8 Å². The smallest absolute Gasteiger partial charge is 0.224 e. The zero-order chi connectivity index (χ0) is 13.7. The molecule has 0 fully saturated rings. The predicted octanol–water partition coefficient (Wildman–Crippen LogP) is 2.79. The summed E-state index contributed by atoms with van der Waals surface area (Å²) in [5, 5.41) is 6.30. The first-order chi connectivity index (χ1) is 9.17. The second-order valence-corrected chi connectivity index (χ2v) is 4.63. The first kappa shape index (κ1) is 13.3. The van der Waals surface area contributed by atoms with Crippen molar-refractivity contribution < 1.29 is 0 Å². The molecule has 2 aromatic rings. The van der Waals surface area contributed by atoms with Gasteiger partial charge in [0.2, 0.25) is 5.95 Å². The van der Waals surface area contributed by atoms with Crippen molar-refractivity contribution in [2.24, 2.45) is 0 Å². The number of anilines is 2. The molecule has 0 saturated heterocycles. The molecule has 19 heavy (non-hydrogen) atoms. The largest absolute Gasteiger partial charge is 0.370 e. The summed E-state index contributed by atoms with van der Waals surface area (Å²) in [4.78, 5) is 8.64. The van der Waals surface area contributed by atoms with Gasteiger partial charge in [0.05, 0.1) is 0 Å². The Morgan fingerprint density at radius 2 is 1.95 bits per heavy atom. The summed E-state index contributed by atoms with van der Waals surface area (Å²) in [6, 6.07) is 10.5. The van der Waals surface area contributed by atoms with Crippen LogP contribution < -0.4 is 10.6 Å². The van der Waals surface area contributed by atoms with Gasteiger partial charge in [-0.1, -0.05) is 29.8 Å². The van der Waals surface area contributed by atoms with Crippen molar-refractivity contribution in [3.05, 3.63) is 47.2 Å². The van der Waals surface area contributed by atoms with Crippen LogP contribution in [-0.4, -0.2) is 23.6 Å². The second-order valence-electron chi connectivity index (χ2n) is 4.63. The summed E-state index contributed by atoms with van der Waals surface area (Å²) in [7, 11) is 1.82. The first-order valence-electron chi connectivity index (χ1n) is 6.50. The molecule has 0 atom stereocenters. The molecule has 0 aliphatic rings. The Morgan fingerprint density at radius 1 is 1.11 bits per heavy atom. The number of nitrogens with zero attached hydrogens (tertiary/aromatic N) is 2. The molecule has 0 spiro atoms. The number of nitrogens with one attached hydrogen (secondary N) is 2. The molecule has 0 saturated carbocycles. The van der Waals surface area contributed by atoms with Crippen molar-refractivity contribution >= 4 is 11.8 Å². The number of rotatable bonds is 5. The van der Waals surface area contributed by atoms with Gasteiger partial charge in [0.1, 0.15) is 5.82 Å². The maximum atomic E-state index is 4.37. The molecule has 2 rings (SSSR count). The van der Waals surface area contributed by atoms with Gasteiger partial charge >= 0.3 is 0 Å². The van der Waals surface area contributed by atoms with Gasteiger partial charge < -0.3 is 10.6 Å². The van der Waals surface area contributed by atoms with E-state index in [1.54, 1.807) is 0 Å². The topological polar surface area (TPSA) is 49.8 Å². The number of aromatic nitrogens is 2. The van der Waals surface area contributed by atoms with Crippen molar-refractivity contribution in [3.8, 4) is 0 Å². The molecule has 1 aromatic carbocycles. The lowest BCUT2D eigenvalue weighted by molar-refractivity contribution is 0.991.